The molecule has 3 rings (SSSR count). The molecule has 1 aromatic heterocycles. The van der Waals surface area contributed by atoms with Crippen LogP contribution in [0.25, 0.3) is 10.9 Å². The highest BCUT2D eigenvalue weighted by molar-refractivity contribution is 7.91. The van der Waals surface area contributed by atoms with Crippen molar-refractivity contribution in [3.8, 4) is 0 Å². The van der Waals surface area contributed by atoms with Crippen LogP contribution in [0.2, 0.25) is 5.02 Å². The first-order valence-corrected chi connectivity index (χ1v) is 10.9. The summed E-state index contributed by atoms with van der Waals surface area (Å²) in [6.07, 6.45) is 3.32. The van der Waals surface area contributed by atoms with Crippen LogP contribution >= 0.6 is 11.6 Å². The highest BCUT2D eigenvalue weighted by atomic mass is 35.5. The van der Waals surface area contributed by atoms with Gasteiger partial charge in [0.1, 0.15) is 0 Å². The summed E-state index contributed by atoms with van der Waals surface area (Å²) in [6, 6.07) is 10.3. The molecule has 0 amide bonds. The van der Waals surface area contributed by atoms with E-state index in [1.807, 2.05) is 18.2 Å². The van der Waals surface area contributed by atoms with Crippen molar-refractivity contribution in [3.05, 3.63) is 69.2 Å². The van der Waals surface area contributed by atoms with Gasteiger partial charge in [-0.25, -0.2) is 13.4 Å². The van der Waals surface area contributed by atoms with Crippen molar-refractivity contribution in [1.29, 1.82) is 0 Å². The molecule has 0 spiro atoms. The highest BCUT2D eigenvalue weighted by Gasteiger charge is 2.18. The zero-order chi connectivity index (χ0) is 19.6. The van der Waals surface area contributed by atoms with E-state index in [1.54, 1.807) is 19.1 Å². The number of benzene rings is 2. The molecule has 142 valence electrons. The summed E-state index contributed by atoms with van der Waals surface area (Å²) in [7, 11) is -3.43. The molecule has 7 heteroatoms. The molecular formula is C20H21ClN2O3S. The van der Waals surface area contributed by atoms with Crippen LogP contribution in [0.3, 0.4) is 0 Å². The number of rotatable bonds is 6. The highest BCUT2D eigenvalue weighted by Crippen LogP contribution is 2.22. The third-order valence-corrected chi connectivity index (χ3v) is 6.57. The molecule has 0 bridgehead atoms. The average Bonchev–Trinajstić information content (AvgIpc) is 2.64. The molecule has 27 heavy (non-hydrogen) atoms. The van der Waals surface area contributed by atoms with E-state index in [0.29, 0.717) is 21.5 Å². The Balaban J connectivity index is 2.11. The summed E-state index contributed by atoms with van der Waals surface area (Å²) < 4.78 is 26.2. The van der Waals surface area contributed by atoms with Gasteiger partial charge in [0.15, 0.2) is 9.84 Å². The Kier molecular flexibility index (Phi) is 5.67. The SMILES string of the molecule is CCCc1ccc2ncn(Cc3cc(Cl)ccc3S(=O)(=O)CC)c(=O)c2c1. The second kappa shape index (κ2) is 7.82. The Morgan fingerprint density at radius 3 is 2.59 bits per heavy atom. The first kappa shape index (κ1) is 19.6. The molecule has 0 fully saturated rings. The topological polar surface area (TPSA) is 69.0 Å². The van der Waals surface area contributed by atoms with Gasteiger partial charge >= 0.3 is 0 Å². The van der Waals surface area contributed by atoms with Gasteiger partial charge in [0.05, 0.1) is 34.4 Å². The second-order valence-electron chi connectivity index (χ2n) is 6.43. The predicted molar refractivity (Wildman–Crippen MR) is 108 cm³/mol. The zero-order valence-corrected chi connectivity index (χ0v) is 16.8. The van der Waals surface area contributed by atoms with Gasteiger partial charge < -0.3 is 0 Å². The molecule has 5 nitrogen and oxygen atoms in total. The minimum Gasteiger partial charge on any atom is -0.294 e. The Labute approximate surface area is 163 Å². The normalized spacial score (nSPS) is 11.8. The largest absolute Gasteiger partial charge is 0.294 e. The van der Waals surface area contributed by atoms with Crippen LogP contribution in [-0.4, -0.2) is 23.7 Å². The molecule has 3 aromatic rings. The van der Waals surface area contributed by atoms with E-state index in [9.17, 15) is 13.2 Å². The number of sulfone groups is 1. The fourth-order valence-corrected chi connectivity index (χ4v) is 4.38. The molecule has 0 saturated carbocycles. The Morgan fingerprint density at radius 2 is 1.89 bits per heavy atom. The van der Waals surface area contributed by atoms with Gasteiger partial charge in [-0.05, 0) is 47.9 Å². The number of nitrogens with zero attached hydrogens (tertiary/aromatic N) is 2. The molecule has 0 radical (unpaired) electrons. The van der Waals surface area contributed by atoms with Gasteiger partial charge in [0.2, 0.25) is 0 Å². The number of aromatic nitrogens is 2. The summed E-state index contributed by atoms with van der Waals surface area (Å²) in [5.41, 5.74) is 2.00. The van der Waals surface area contributed by atoms with Crippen LogP contribution in [0.1, 0.15) is 31.4 Å². The van der Waals surface area contributed by atoms with E-state index in [1.165, 1.54) is 17.0 Å². The molecule has 0 atom stereocenters. The summed E-state index contributed by atoms with van der Waals surface area (Å²) in [5.74, 6) is -0.0210. The molecular weight excluding hydrogens is 384 g/mol. The summed E-state index contributed by atoms with van der Waals surface area (Å²) in [4.78, 5) is 17.5. The third-order valence-electron chi connectivity index (χ3n) is 4.51. The lowest BCUT2D eigenvalue weighted by Gasteiger charge is -2.12. The van der Waals surface area contributed by atoms with Crippen molar-refractivity contribution in [3.63, 3.8) is 0 Å². The van der Waals surface area contributed by atoms with Crippen molar-refractivity contribution >= 4 is 32.3 Å². The van der Waals surface area contributed by atoms with Gasteiger partial charge in [-0.1, -0.05) is 37.9 Å². The Hall–Kier alpha value is -2.18. The number of halogens is 1. The molecule has 0 aliphatic heterocycles. The number of fused-ring (bicyclic) bond motifs is 1. The van der Waals surface area contributed by atoms with Crippen LogP contribution < -0.4 is 5.56 Å². The molecule has 1 heterocycles. The van der Waals surface area contributed by atoms with E-state index in [4.69, 9.17) is 11.6 Å². The zero-order valence-electron chi connectivity index (χ0n) is 15.3. The monoisotopic (exact) mass is 404 g/mol. The standard InChI is InChI=1S/C20H21ClN2O3S/c1-3-5-14-6-8-18-17(10-14)20(24)23(13-22-18)12-15-11-16(21)7-9-19(15)27(25,26)4-2/h6-11,13H,3-5,12H2,1-2H3. The van der Waals surface area contributed by atoms with E-state index in [-0.39, 0.29) is 22.8 Å². The lowest BCUT2D eigenvalue weighted by Crippen LogP contribution is -2.22. The van der Waals surface area contributed by atoms with Gasteiger partial charge in [-0.3, -0.25) is 9.36 Å². The number of aryl methyl sites for hydroxylation is 1. The van der Waals surface area contributed by atoms with Gasteiger partial charge in [0, 0.05) is 5.02 Å². The average molecular weight is 405 g/mol. The van der Waals surface area contributed by atoms with E-state index in [2.05, 4.69) is 11.9 Å². The molecule has 0 N–H and O–H groups in total. The minimum atomic E-state index is -3.43. The van der Waals surface area contributed by atoms with Gasteiger partial charge in [-0.15, -0.1) is 0 Å². The quantitative estimate of drug-likeness (QED) is 0.625. The summed E-state index contributed by atoms with van der Waals surface area (Å²) >= 11 is 6.07. The molecule has 2 aromatic carbocycles. The summed E-state index contributed by atoms with van der Waals surface area (Å²) in [6.45, 7) is 3.77. The van der Waals surface area contributed by atoms with Crippen molar-refractivity contribution in [2.75, 3.05) is 5.75 Å². The maximum absolute atomic E-state index is 12.9. The molecule has 0 unspecified atom stereocenters. The summed E-state index contributed by atoms with van der Waals surface area (Å²) in [5, 5.41) is 0.956. The Bertz CT molecular complexity index is 1150. The van der Waals surface area contributed by atoms with Crippen LogP contribution in [0.5, 0.6) is 0 Å². The van der Waals surface area contributed by atoms with Crippen LogP contribution in [0, 0.1) is 0 Å². The maximum Gasteiger partial charge on any atom is 0.261 e. The second-order valence-corrected chi connectivity index (χ2v) is 9.12. The van der Waals surface area contributed by atoms with Gasteiger partial charge in [-0.2, -0.15) is 0 Å². The van der Waals surface area contributed by atoms with Gasteiger partial charge in [0.25, 0.3) is 5.56 Å². The van der Waals surface area contributed by atoms with Crippen molar-refractivity contribution in [1.82, 2.24) is 9.55 Å². The van der Waals surface area contributed by atoms with Crippen molar-refractivity contribution < 1.29 is 8.42 Å². The Morgan fingerprint density at radius 1 is 1.11 bits per heavy atom. The van der Waals surface area contributed by atoms with E-state index in [0.717, 1.165) is 18.4 Å². The lowest BCUT2D eigenvalue weighted by molar-refractivity contribution is 0.595. The van der Waals surface area contributed by atoms with Crippen molar-refractivity contribution in [2.24, 2.45) is 0 Å². The predicted octanol–water partition coefficient (Wildman–Crippen LogP) is 3.84. The first-order chi connectivity index (χ1) is 12.9. The van der Waals surface area contributed by atoms with Crippen molar-refractivity contribution in [2.45, 2.75) is 38.1 Å². The molecule has 0 aliphatic carbocycles. The fraction of sp³-hybridized carbons (Fsp3) is 0.300. The molecule has 0 saturated heterocycles. The minimum absolute atomic E-state index is 0.0210. The number of hydrogen-bond donors (Lipinski definition) is 0. The van der Waals surface area contributed by atoms with Crippen LogP contribution in [0.15, 0.2) is 52.4 Å². The number of hydrogen-bond acceptors (Lipinski definition) is 4. The maximum atomic E-state index is 12.9. The first-order valence-electron chi connectivity index (χ1n) is 8.85. The van der Waals surface area contributed by atoms with E-state index < -0.39 is 9.84 Å². The van der Waals surface area contributed by atoms with Crippen LogP contribution in [-0.2, 0) is 22.8 Å². The fourth-order valence-electron chi connectivity index (χ4n) is 3.08. The molecule has 0 aliphatic rings. The smallest absolute Gasteiger partial charge is 0.261 e. The van der Waals surface area contributed by atoms with E-state index >= 15 is 0 Å². The lowest BCUT2D eigenvalue weighted by atomic mass is 10.1. The third kappa shape index (κ3) is 4.06. The van der Waals surface area contributed by atoms with Crippen LogP contribution in [0.4, 0.5) is 0 Å².